The van der Waals surface area contributed by atoms with Crippen LogP contribution in [-0.2, 0) is 6.42 Å². The van der Waals surface area contributed by atoms with Crippen molar-refractivity contribution in [2.24, 2.45) is 0 Å². The van der Waals surface area contributed by atoms with Crippen LogP contribution in [0, 0.1) is 13.8 Å². The van der Waals surface area contributed by atoms with Crippen molar-refractivity contribution in [1.29, 1.82) is 0 Å². The number of carbonyl (C=O) groups is 1. The van der Waals surface area contributed by atoms with Crippen molar-refractivity contribution < 1.29 is 9.21 Å². The second kappa shape index (κ2) is 8.70. The first-order valence-corrected chi connectivity index (χ1v) is 9.39. The lowest BCUT2D eigenvalue weighted by Crippen LogP contribution is -2.30. The molecule has 1 saturated heterocycles. The molecule has 150 valence electrons. The third kappa shape index (κ3) is 4.02. The Labute approximate surface area is 169 Å². The molecule has 1 fully saturated rings. The fourth-order valence-corrected chi connectivity index (χ4v) is 3.55. The molecule has 2 aromatic heterocycles. The predicted molar refractivity (Wildman–Crippen MR) is 108 cm³/mol. The highest BCUT2D eigenvalue weighted by Gasteiger charge is 2.22. The molecule has 0 unspecified atom stereocenters. The molecular weight excluding hydrogens is 380 g/mol. The third-order valence-corrected chi connectivity index (χ3v) is 5.09. The van der Waals surface area contributed by atoms with Gasteiger partial charge < -0.3 is 15.1 Å². The molecule has 3 heterocycles. The first-order valence-electron chi connectivity index (χ1n) is 9.39. The minimum absolute atomic E-state index is 0. The van der Waals surface area contributed by atoms with E-state index in [2.05, 4.69) is 25.9 Å². The zero-order valence-electron chi connectivity index (χ0n) is 16.1. The summed E-state index contributed by atoms with van der Waals surface area (Å²) in [7, 11) is 0. The Bertz CT molecular complexity index is 961. The Balaban J connectivity index is 0.00000225. The van der Waals surface area contributed by atoms with Gasteiger partial charge in [-0.2, -0.15) is 0 Å². The molecule has 8 nitrogen and oxygen atoms in total. The maximum atomic E-state index is 12.5. The van der Waals surface area contributed by atoms with Gasteiger partial charge in [-0.05, 0) is 51.4 Å². The molecule has 1 aliphatic rings. The summed E-state index contributed by atoms with van der Waals surface area (Å²) in [6, 6.07) is 6.16. The van der Waals surface area contributed by atoms with Crippen LogP contribution in [-0.4, -0.2) is 45.5 Å². The van der Waals surface area contributed by atoms with Gasteiger partial charge in [0.25, 0.3) is 5.91 Å². The van der Waals surface area contributed by atoms with Crippen LogP contribution in [0.2, 0.25) is 0 Å². The summed E-state index contributed by atoms with van der Waals surface area (Å²) in [4.78, 5) is 17.0. The topological polar surface area (TPSA) is 97.9 Å². The lowest BCUT2D eigenvalue weighted by atomic mass is 10.1. The van der Waals surface area contributed by atoms with Crippen LogP contribution >= 0.6 is 12.4 Å². The van der Waals surface area contributed by atoms with Crippen molar-refractivity contribution in [3.63, 3.8) is 0 Å². The van der Waals surface area contributed by atoms with E-state index in [9.17, 15) is 4.79 Å². The lowest BCUT2D eigenvalue weighted by molar-refractivity contribution is 0.0948. The van der Waals surface area contributed by atoms with E-state index >= 15 is 0 Å². The van der Waals surface area contributed by atoms with Gasteiger partial charge in [0.05, 0.1) is 11.7 Å². The van der Waals surface area contributed by atoms with Crippen molar-refractivity contribution in [2.45, 2.75) is 39.2 Å². The number of hydrogen-bond donors (Lipinski definition) is 2. The highest BCUT2D eigenvalue weighted by atomic mass is 35.5. The molecule has 0 atom stereocenters. The second-order valence-corrected chi connectivity index (χ2v) is 6.98. The average molecular weight is 405 g/mol. The number of aromatic nitrogens is 4. The van der Waals surface area contributed by atoms with Gasteiger partial charge in [-0.25, -0.2) is 9.67 Å². The number of halogens is 1. The average Bonchev–Trinajstić information content (AvgIpc) is 3.26. The third-order valence-electron chi connectivity index (χ3n) is 5.09. The van der Waals surface area contributed by atoms with Crippen molar-refractivity contribution in [1.82, 2.24) is 30.6 Å². The van der Waals surface area contributed by atoms with Crippen molar-refractivity contribution in [3.05, 3.63) is 41.0 Å². The van der Waals surface area contributed by atoms with Crippen LogP contribution < -0.4 is 10.6 Å². The molecule has 2 N–H and O–H groups in total. The minimum atomic E-state index is -0.208. The fourth-order valence-electron chi connectivity index (χ4n) is 3.55. The van der Waals surface area contributed by atoms with E-state index in [4.69, 9.17) is 4.42 Å². The highest BCUT2D eigenvalue weighted by Crippen LogP contribution is 2.21. The highest BCUT2D eigenvalue weighted by molar-refractivity contribution is 5.93. The number of carbonyl (C=O) groups excluding carboxylic acids is 1. The van der Waals surface area contributed by atoms with E-state index < -0.39 is 0 Å². The number of nitrogens with one attached hydrogen (secondary N) is 2. The number of piperidine rings is 1. The van der Waals surface area contributed by atoms with E-state index in [1.54, 1.807) is 0 Å². The molecule has 0 saturated carbocycles. The molecule has 1 amide bonds. The molecule has 9 heteroatoms. The van der Waals surface area contributed by atoms with Gasteiger partial charge in [-0.15, -0.1) is 17.5 Å². The van der Waals surface area contributed by atoms with Crippen molar-refractivity contribution in [3.8, 4) is 0 Å². The number of benzene rings is 1. The lowest BCUT2D eigenvalue weighted by Gasteiger charge is -2.23. The van der Waals surface area contributed by atoms with Crippen LogP contribution in [0.4, 0.5) is 0 Å². The quantitative estimate of drug-likeness (QED) is 0.677. The Hall–Kier alpha value is -2.45. The van der Waals surface area contributed by atoms with Gasteiger partial charge >= 0.3 is 0 Å². The Kier molecular flexibility index (Phi) is 6.31. The molecule has 0 aliphatic carbocycles. The van der Waals surface area contributed by atoms with Gasteiger partial charge in [0.2, 0.25) is 0 Å². The minimum Gasteiger partial charge on any atom is -0.441 e. The summed E-state index contributed by atoms with van der Waals surface area (Å²) < 4.78 is 7.63. The fraction of sp³-hybridized carbons (Fsp3) is 0.474. The van der Waals surface area contributed by atoms with Crippen LogP contribution in [0.3, 0.4) is 0 Å². The summed E-state index contributed by atoms with van der Waals surface area (Å²) >= 11 is 0. The first kappa shape index (κ1) is 20.3. The van der Waals surface area contributed by atoms with Gasteiger partial charge in [-0.3, -0.25) is 4.79 Å². The number of para-hydroxylation sites is 1. The summed E-state index contributed by atoms with van der Waals surface area (Å²) in [6.45, 7) is 6.28. The standard InChI is InChI=1S/C19H24N6O2.ClH/c1-12-4-3-5-15-17(12)22-16(27-15)8-11-21-19(26)18-13(2)25(24-23-18)14-6-9-20-10-7-14;/h3-5,14,20H,6-11H2,1-2H3,(H,21,26);1H. The summed E-state index contributed by atoms with van der Waals surface area (Å²) in [5.41, 5.74) is 3.94. The largest absolute Gasteiger partial charge is 0.441 e. The predicted octanol–water partition coefficient (Wildman–Crippen LogP) is 2.35. The molecule has 1 aromatic carbocycles. The molecule has 1 aliphatic heterocycles. The number of nitrogens with zero attached hydrogens (tertiary/aromatic N) is 4. The second-order valence-electron chi connectivity index (χ2n) is 6.98. The van der Waals surface area contributed by atoms with Crippen LogP contribution in [0.25, 0.3) is 11.1 Å². The number of amides is 1. The Morgan fingerprint density at radius 1 is 1.32 bits per heavy atom. The van der Waals surface area contributed by atoms with Gasteiger partial charge in [0.15, 0.2) is 17.2 Å². The van der Waals surface area contributed by atoms with Crippen LogP contribution in [0.5, 0.6) is 0 Å². The van der Waals surface area contributed by atoms with Gasteiger partial charge in [-0.1, -0.05) is 17.3 Å². The van der Waals surface area contributed by atoms with Gasteiger partial charge in [0.1, 0.15) is 5.52 Å². The van der Waals surface area contributed by atoms with E-state index in [0.29, 0.717) is 30.6 Å². The number of aryl methyl sites for hydroxylation is 1. The molecule has 0 spiro atoms. The molecule has 0 radical (unpaired) electrons. The zero-order chi connectivity index (χ0) is 18.8. The van der Waals surface area contributed by atoms with E-state index in [1.165, 1.54) is 0 Å². The molecule has 3 aromatic rings. The smallest absolute Gasteiger partial charge is 0.273 e. The zero-order valence-corrected chi connectivity index (χ0v) is 16.9. The van der Waals surface area contributed by atoms with E-state index in [0.717, 1.165) is 48.3 Å². The van der Waals surface area contributed by atoms with Gasteiger partial charge in [0, 0.05) is 13.0 Å². The van der Waals surface area contributed by atoms with Crippen molar-refractivity contribution >= 4 is 29.4 Å². The van der Waals surface area contributed by atoms with Crippen molar-refractivity contribution in [2.75, 3.05) is 19.6 Å². The monoisotopic (exact) mass is 404 g/mol. The first-order chi connectivity index (χ1) is 13.1. The molecule has 0 bridgehead atoms. The number of hydrogen-bond acceptors (Lipinski definition) is 6. The number of fused-ring (bicyclic) bond motifs is 1. The maximum Gasteiger partial charge on any atom is 0.273 e. The number of rotatable bonds is 5. The molecule has 28 heavy (non-hydrogen) atoms. The normalized spacial score (nSPS) is 14.8. The Morgan fingerprint density at radius 3 is 2.86 bits per heavy atom. The summed E-state index contributed by atoms with van der Waals surface area (Å²) in [5.74, 6) is 0.412. The van der Waals surface area contributed by atoms with E-state index in [-0.39, 0.29) is 18.3 Å². The molecular formula is C19H25ClN6O2. The Morgan fingerprint density at radius 2 is 2.11 bits per heavy atom. The SMILES string of the molecule is Cc1cccc2oc(CCNC(=O)c3nnn(C4CCNCC4)c3C)nc12.Cl. The van der Waals surface area contributed by atoms with Crippen LogP contribution in [0.1, 0.15) is 46.5 Å². The molecule has 4 rings (SSSR count). The number of oxazole rings is 1. The van der Waals surface area contributed by atoms with E-state index in [1.807, 2.05) is 36.7 Å². The maximum absolute atomic E-state index is 12.5. The summed E-state index contributed by atoms with van der Waals surface area (Å²) in [5, 5.41) is 14.5. The van der Waals surface area contributed by atoms with Crippen LogP contribution in [0.15, 0.2) is 22.6 Å². The summed E-state index contributed by atoms with van der Waals surface area (Å²) in [6.07, 6.45) is 2.53.